The highest BCUT2D eigenvalue weighted by molar-refractivity contribution is 6.34. The Morgan fingerprint density at radius 2 is 1.73 bits per heavy atom. The molecule has 0 aromatic heterocycles. The van der Waals surface area contributed by atoms with Gasteiger partial charge >= 0.3 is 0 Å². The van der Waals surface area contributed by atoms with Crippen molar-refractivity contribution in [2.24, 2.45) is 0 Å². The van der Waals surface area contributed by atoms with E-state index in [1.165, 1.54) is 11.0 Å². The standard InChI is InChI=1S/C19H20ClN3O3/c1-23(2)19(26)15-9-8-14(12-16(15)20)22-17(24)10-11-21-18(25)13-6-4-3-5-7-13/h3-9,12H,10-11H2,1-2H3,(H,21,25)(H,22,24). The lowest BCUT2D eigenvalue weighted by Crippen LogP contribution is -2.27. The second-order valence-corrected chi connectivity index (χ2v) is 6.22. The molecule has 0 bridgehead atoms. The van der Waals surface area contributed by atoms with E-state index in [0.717, 1.165) is 0 Å². The Labute approximate surface area is 157 Å². The molecule has 6 nitrogen and oxygen atoms in total. The number of halogens is 1. The largest absolute Gasteiger partial charge is 0.352 e. The van der Waals surface area contributed by atoms with Gasteiger partial charge in [-0.1, -0.05) is 29.8 Å². The number of amides is 3. The Balaban J connectivity index is 1.85. The highest BCUT2D eigenvalue weighted by Crippen LogP contribution is 2.22. The van der Waals surface area contributed by atoms with Crippen LogP contribution in [0.2, 0.25) is 5.02 Å². The van der Waals surface area contributed by atoms with Gasteiger partial charge in [0.25, 0.3) is 11.8 Å². The number of rotatable bonds is 6. The summed E-state index contributed by atoms with van der Waals surface area (Å²) in [4.78, 5) is 37.2. The molecule has 0 spiro atoms. The minimum atomic E-state index is -0.263. The molecular formula is C19H20ClN3O3. The third-order valence-corrected chi connectivity index (χ3v) is 3.88. The molecule has 0 aliphatic heterocycles. The Kier molecular flexibility index (Phi) is 6.74. The van der Waals surface area contributed by atoms with Gasteiger partial charge in [-0.05, 0) is 30.3 Å². The van der Waals surface area contributed by atoms with Crippen LogP contribution in [0.5, 0.6) is 0 Å². The van der Waals surface area contributed by atoms with Crippen LogP contribution in [0.1, 0.15) is 27.1 Å². The highest BCUT2D eigenvalue weighted by Gasteiger charge is 2.13. The van der Waals surface area contributed by atoms with Gasteiger partial charge in [-0.2, -0.15) is 0 Å². The van der Waals surface area contributed by atoms with Crippen molar-refractivity contribution < 1.29 is 14.4 Å². The molecule has 0 fully saturated rings. The van der Waals surface area contributed by atoms with Crippen molar-refractivity contribution in [3.05, 3.63) is 64.7 Å². The number of benzene rings is 2. The van der Waals surface area contributed by atoms with Gasteiger partial charge in [0.15, 0.2) is 0 Å². The number of carbonyl (C=O) groups is 3. The molecule has 0 saturated heterocycles. The van der Waals surface area contributed by atoms with Crippen molar-refractivity contribution in [2.45, 2.75) is 6.42 Å². The molecule has 2 aromatic rings. The molecular weight excluding hydrogens is 354 g/mol. The van der Waals surface area contributed by atoms with Gasteiger partial charge in [-0.25, -0.2) is 0 Å². The monoisotopic (exact) mass is 373 g/mol. The lowest BCUT2D eigenvalue weighted by molar-refractivity contribution is -0.116. The summed E-state index contributed by atoms with van der Waals surface area (Å²) in [7, 11) is 3.27. The molecule has 0 atom stereocenters. The summed E-state index contributed by atoms with van der Waals surface area (Å²) in [6, 6.07) is 13.5. The van der Waals surface area contributed by atoms with Crippen LogP contribution in [0.4, 0.5) is 5.69 Å². The van der Waals surface area contributed by atoms with E-state index in [1.54, 1.807) is 50.5 Å². The van der Waals surface area contributed by atoms with Crippen LogP contribution in [-0.2, 0) is 4.79 Å². The zero-order chi connectivity index (χ0) is 19.1. The van der Waals surface area contributed by atoms with Crippen molar-refractivity contribution >= 4 is 35.0 Å². The number of hydrogen-bond donors (Lipinski definition) is 2. The molecule has 0 aliphatic carbocycles. The molecule has 7 heteroatoms. The Hall–Kier alpha value is -2.86. The van der Waals surface area contributed by atoms with Crippen LogP contribution in [0.15, 0.2) is 48.5 Å². The van der Waals surface area contributed by atoms with Gasteiger partial charge in [0.05, 0.1) is 10.6 Å². The van der Waals surface area contributed by atoms with E-state index >= 15 is 0 Å². The van der Waals surface area contributed by atoms with Crippen molar-refractivity contribution in [3.8, 4) is 0 Å². The van der Waals surface area contributed by atoms with Crippen LogP contribution in [0.25, 0.3) is 0 Å². The van der Waals surface area contributed by atoms with E-state index in [0.29, 0.717) is 16.8 Å². The average molecular weight is 374 g/mol. The van der Waals surface area contributed by atoms with E-state index in [1.807, 2.05) is 6.07 Å². The molecule has 0 radical (unpaired) electrons. The van der Waals surface area contributed by atoms with Gasteiger partial charge in [0.1, 0.15) is 0 Å². The molecule has 136 valence electrons. The van der Waals surface area contributed by atoms with Crippen LogP contribution in [0, 0.1) is 0 Å². The molecule has 26 heavy (non-hydrogen) atoms. The number of anilines is 1. The lowest BCUT2D eigenvalue weighted by atomic mass is 10.2. The van der Waals surface area contributed by atoms with Crippen molar-refractivity contribution in [1.29, 1.82) is 0 Å². The van der Waals surface area contributed by atoms with E-state index in [9.17, 15) is 14.4 Å². The zero-order valence-corrected chi connectivity index (χ0v) is 15.3. The molecule has 2 rings (SSSR count). The van der Waals surface area contributed by atoms with Gasteiger partial charge in [-0.15, -0.1) is 0 Å². The fraction of sp³-hybridized carbons (Fsp3) is 0.211. The van der Waals surface area contributed by atoms with E-state index in [-0.39, 0.29) is 35.7 Å². The minimum absolute atomic E-state index is 0.120. The summed E-state index contributed by atoms with van der Waals surface area (Å²) in [6.45, 7) is 0.213. The molecule has 0 heterocycles. The minimum Gasteiger partial charge on any atom is -0.352 e. The first-order valence-corrected chi connectivity index (χ1v) is 8.40. The third kappa shape index (κ3) is 5.32. The van der Waals surface area contributed by atoms with E-state index in [4.69, 9.17) is 11.6 Å². The van der Waals surface area contributed by atoms with E-state index in [2.05, 4.69) is 10.6 Å². The van der Waals surface area contributed by atoms with Crippen LogP contribution in [-0.4, -0.2) is 43.3 Å². The first-order chi connectivity index (χ1) is 12.4. The Bertz CT molecular complexity index is 807. The quantitative estimate of drug-likeness (QED) is 0.817. The normalized spacial score (nSPS) is 10.1. The predicted octanol–water partition coefficient (Wildman–Crippen LogP) is 2.80. The smallest absolute Gasteiger partial charge is 0.254 e. The zero-order valence-electron chi connectivity index (χ0n) is 14.6. The van der Waals surface area contributed by atoms with Crippen LogP contribution < -0.4 is 10.6 Å². The number of hydrogen-bond acceptors (Lipinski definition) is 3. The maximum absolute atomic E-state index is 12.0. The molecule has 3 amide bonds. The van der Waals surface area contributed by atoms with Crippen molar-refractivity contribution in [3.63, 3.8) is 0 Å². The van der Waals surface area contributed by atoms with Crippen molar-refractivity contribution in [2.75, 3.05) is 26.0 Å². The first-order valence-electron chi connectivity index (χ1n) is 8.03. The summed E-state index contributed by atoms with van der Waals surface area (Å²) in [5.74, 6) is -0.703. The average Bonchev–Trinajstić information content (AvgIpc) is 2.62. The van der Waals surface area contributed by atoms with Crippen molar-refractivity contribution in [1.82, 2.24) is 10.2 Å². The highest BCUT2D eigenvalue weighted by atomic mass is 35.5. The molecule has 0 unspecified atom stereocenters. The summed E-state index contributed by atoms with van der Waals surface area (Å²) in [6.07, 6.45) is 0.120. The SMILES string of the molecule is CN(C)C(=O)c1ccc(NC(=O)CCNC(=O)c2ccccc2)cc1Cl. The maximum atomic E-state index is 12.0. The summed E-state index contributed by atoms with van der Waals surface area (Å²) in [5.41, 5.74) is 1.40. The van der Waals surface area contributed by atoms with Gasteiger partial charge < -0.3 is 15.5 Å². The predicted molar refractivity (Wildman–Crippen MR) is 101 cm³/mol. The fourth-order valence-corrected chi connectivity index (χ4v) is 2.47. The Morgan fingerprint density at radius 1 is 1.04 bits per heavy atom. The van der Waals surface area contributed by atoms with Gasteiger partial charge in [0, 0.05) is 38.3 Å². The molecule has 2 aromatic carbocycles. The topological polar surface area (TPSA) is 78.5 Å². The maximum Gasteiger partial charge on any atom is 0.254 e. The number of nitrogens with zero attached hydrogens (tertiary/aromatic N) is 1. The van der Waals surface area contributed by atoms with Crippen LogP contribution >= 0.6 is 11.6 Å². The first kappa shape index (κ1) is 19.5. The Morgan fingerprint density at radius 3 is 2.35 bits per heavy atom. The number of carbonyl (C=O) groups excluding carboxylic acids is 3. The summed E-state index contributed by atoms with van der Waals surface area (Å²) in [5, 5.41) is 5.64. The van der Waals surface area contributed by atoms with Crippen LogP contribution in [0.3, 0.4) is 0 Å². The summed E-state index contributed by atoms with van der Waals surface area (Å²) < 4.78 is 0. The van der Waals surface area contributed by atoms with Gasteiger partial charge in [-0.3, -0.25) is 14.4 Å². The fourth-order valence-electron chi connectivity index (χ4n) is 2.21. The second-order valence-electron chi connectivity index (χ2n) is 5.81. The van der Waals surface area contributed by atoms with Gasteiger partial charge in [0.2, 0.25) is 5.91 Å². The lowest BCUT2D eigenvalue weighted by Gasteiger charge is -2.13. The molecule has 0 aliphatic rings. The second kappa shape index (κ2) is 9.01. The number of nitrogens with one attached hydrogen (secondary N) is 2. The third-order valence-electron chi connectivity index (χ3n) is 3.56. The van der Waals surface area contributed by atoms with E-state index < -0.39 is 0 Å². The summed E-state index contributed by atoms with van der Waals surface area (Å²) >= 11 is 6.11. The molecule has 2 N–H and O–H groups in total. The molecule has 0 saturated carbocycles.